The summed E-state index contributed by atoms with van der Waals surface area (Å²) in [5.74, 6) is -0.936. The Bertz CT molecular complexity index is 767. The molecule has 3 N–H and O–H groups in total. The second-order valence-electron chi connectivity index (χ2n) is 5.97. The van der Waals surface area contributed by atoms with Gasteiger partial charge in [-0.25, -0.2) is 4.68 Å². The van der Waals surface area contributed by atoms with E-state index in [9.17, 15) is 9.59 Å². The lowest BCUT2D eigenvalue weighted by molar-refractivity contribution is -0.136. The van der Waals surface area contributed by atoms with Gasteiger partial charge in [-0.1, -0.05) is 19.1 Å². The van der Waals surface area contributed by atoms with Gasteiger partial charge in [0.1, 0.15) is 0 Å². The van der Waals surface area contributed by atoms with Crippen LogP contribution in [0.4, 0.5) is 5.69 Å². The fraction of sp³-hybridized carbons (Fsp3) is 0.438. The number of aliphatic hydroxyl groups excluding tert-OH is 1. The minimum absolute atomic E-state index is 0.213. The average molecular weight is 344 g/mol. The van der Waals surface area contributed by atoms with Crippen LogP contribution in [-0.2, 0) is 9.59 Å². The van der Waals surface area contributed by atoms with Crippen molar-refractivity contribution in [2.24, 2.45) is 0 Å². The molecule has 2 aromatic rings. The van der Waals surface area contributed by atoms with E-state index < -0.39 is 17.9 Å². The first-order valence-electron chi connectivity index (χ1n) is 8.23. The van der Waals surface area contributed by atoms with Crippen LogP contribution in [0.3, 0.4) is 0 Å². The van der Waals surface area contributed by atoms with E-state index in [1.54, 1.807) is 22.9 Å². The number of hydrogen-bond donors (Lipinski definition) is 3. The Morgan fingerprint density at radius 1 is 1.36 bits per heavy atom. The number of anilines is 1. The molecule has 1 saturated carbocycles. The summed E-state index contributed by atoms with van der Waals surface area (Å²) in [5, 5.41) is 25.9. The van der Waals surface area contributed by atoms with Crippen LogP contribution in [0, 0.1) is 0 Å². The second-order valence-corrected chi connectivity index (χ2v) is 5.97. The summed E-state index contributed by atoms with van der Waals surface area (Å²) in [6.45, 7) is 1.60. The third kappa shape index (κ3) is 4.00. The molecule has 0 unspecified atom stereocenters. The summed E-state index contributed by atoms with van der Waals surface area (Å²) in [4.78, 5) is 23.9. The Balaban J connectivity index is 1.70. The molecule has 0 radical (unpaired) electrons. The number of aliphatic hydroxyl groups is 1. The molecular weight excluding hydrogens is 324 g/mol. The standard InChI is InChI=1S/C16H20N6O3/c1-2-11(9-23)17-15(24)16(25)18-12-5-3-4-10(8-12)14-19-20-21-22(14)13-6-7-13/h3-5,8,11,13,23H,2,6-7,9H2,1H3,(H,17,24)(H,18,25)/t11-/m1/s1. The van der Waals surface area contributed by atoms with Gasteiger partial charge in [-0.05, 0) is 41.8 Å². The van der Waals surface area contributed by atoms with Gasteiger partial charge in [-0.15, -0.1) is 5.10 Å². The van der Waals surface area contributed by atoms with E-state index in [-0.39, 0.29) is 6.61 Å². The quantitative estimate of drug-likeness (QED) is 0.656. The number of rotatable bonds is 6. The smallest absolute Gasteiger partial charge is 0.313 e. The van der Waals surface area contributed by atoms with Crippen LogP contribution >= 0.6 is 0 Å². The normalized spacial score (nSPS) is 14.8. The number of aromatic nitrogens is 4. The number of carbonyl (C=O) groups excluding carboxylic acids is 2. The topological polar surface area (TPSA) is 122 Å². The highest BCUT2D eigenvalue weighted by molar-refractivity contribution is 6.39. The second kappa shape index (κ2) is 7.39. The Morgan fingerprint density at radius 3 is 2.84 bits per heavy atom. The maximum absolute atomic E-state index is 12.0. The first kappa shape index (κ1) is 17.0. The molecule has 1 heterocycles. The Morgan fingerprint density at radius 2 is 2.16 bits per heavy atom. The van der Waals surface area contributed by atoms with Crippen molar-refractivity contribution in [3.05, 3.63) is 24.3 Å². The Labute approximate surface area is 144 Å². The maximum Gasteiger partial charge on any atom is 0.313 e. The molecule has 25 heavy (non-hydrogen) atoms. The van der Waals surface area contributed by atoms with Crippen molar-refractivity contribution < 1.29 is 14.7 Å². The summed E-state index contributed by atoms with van der Waals surface area (Å²) >= 11 is 0. The van der Waals surface area contributed by atoms with Crippen molar-refractivity contribution in [3.63, 3.8) is 0 Å². The Hall–Kier alpha value is -2.81. The van der Waals surface area contributed by atoms with Crippen molar-refractivity contribution >= 4 is 17.5 Å². The first-order chi connectivity index (χ1) is 12.1. The number of carbonyl (C=O) groups is 2. The third-order valence-corrected chi connectivity index (χ3v) is 4.02. The molecule has 1 fully saturated rings. The summed E-state index contributed by atoms with van der Waals surface area (Å²) in [5.41, 5.74) is 1.23. The van der Waals surface area contributed by atoms with Crippen LogP contribution in [0.2, 0.25) is 0 Å². The first-order valence-corrected chi connectivity index (χ1v) is 8.23. The van der Waals surface area contributed by atoms with E-state index in [2.05, 4.69) is 26.2 Å². The molecule has 9 heteroatoms. The SMILES string of the molecule is CC[C@H](CO)NC(=O)C(=O)Nc1cccc(-c2nnnn2C2CC2)c1. The number of benzene rings is 1. The van der Waals surface area contributed by atoms with Crippen LogP contribution in [-0.4, -0.2) is 49.8 Å². The number of tetrazole rings is 1. The zero-order valence-corrected chi connectivity index (χ0v) is 13.8. The third-order valence-electron chi connectivity index (χ3n) is 4.02. The molecule has 0 saturated heterocycles. The lowest BCUT2D eigenvalue weighted by Crippen LogP contribution is -2.43. The molecule has 1 aromatic heterocycles. The molecule has 1 aliphatic carbocycles. The summed E-state index contributed by atoms with van der Waals surface area (Å²) in [6.07, 6.45) is 2.64. The van der Waals surface area contributed by atoms with Gasteiger partial charge in [-0.3, -0.25) is 9.59 Å². The van der Waals surface area contributed by atoms with Crippen LogP contribution < -0.4 is 10.6 Å². The molecule has 1 atom stereocenters. The maximum atomic E-state index is 12.0. The number of amides is 2. The van der Waals surface area contributed by atoms with Gasteiger partial charge in [0.2, 0.25) is 0 Å². The molecule has 0 spiro atoms. The highest BCUT2D eigenvalue weighted by Gasteiger charge is 2.28. The van der Waals surface area contributed by atoms with E-state index in [0.717, 1.165) is 18.4 Å². The molecule has 2 amide bonds. The monoisotopic (exact) mass is 344 g/mol. The van der Waals surface area contributed by atoms with Crippen LogP contribution in [0.5, 0.6) is 0 Å². The fourth-order valence-electron chi connectivity index (χ4n) is 2.40. The zero-order chi connectivity index (χ0) is 17.8. The molecule has 9 nitrogen and oxygen atoms in total. The van der Waals surface area contributed by atoms with Crippen molar-refractivity contribution in [2.45, 2.75) is 38.3 Å². The molecule has 0 aliphatic heterocycles. The average Bonchev–Trinajstić information content (AvgIpc) is 3.36. The van der Waals surface area contributed by atoms with E-state index in [4.69, 9.17) is 5.11 Å². The Kier molecular flexibility index (Phi) is 5.03. The highest BCUT2D eigenvalue weighted by atomic mass is 16.3. The van der Waals surface area contributed by atoms with Crippen LogP contribution in [0.1, 0.15) is 32.2 Å². The molecule has 1 aliphatic rings. The van der Waals surface area contributed by atoms with E-state index in [1.807, 2.05) is 13.0 Å². The van der Waals surface area contributed by atoms with Crippen molar-refractivity contribution in [1.82, 2.24) is 25.5 Å². The van der Waals surface area contributed by atoms with E-state index in [1.165, 1.54) is 0 Å². The number of hydrogen-bond acceptors (Lipinski definition) is 6. The lowest BCUT2D eigenvalue weighted by atomic mass is 10.2. The largest absolute Gasteiger partial charge is 0.394 e. The minimum atomic E-state index is -0.786. The van der Waals surface area contributed by atoms with Crippen LogP contribution in [0.25, 0.3) is 11.4 Å². The summed E-state index contributed by atoms with van der Waals surface area (Å²) in [7, 11) is 0. The number of nitrogens with zero attached hydrogens (tertiary/aromatic N) is 4. The van der Waals surface area contributed by atoms with Gasteiger partial charge in [0.15, 0.2) is 5.82 Å². The van der Waals surface area contributed by atoms with Crippen molar-refractivity contribution in [1.29, 1.82) is 0 Å². The van der Waals surface area contributed by atoms with Gasteiger partial charge in [-0.2, -0.15) is 0 Å². The van der Waals surface area contributed by atoms with Crippen molar-refractivity contribution in [2.75, 3.05) is 11.9 Å². The predicted octanol–water partition coefficient (Wildman–Crippen LogP) is 0.501. The summed E-state index contributed by atoms with van der Waals surface area (Å²) < 4.78 is 1.78. The molecule has 3 rings (SSSR count). The van der Waals surface area contributed by atoms with Gasteiger partial charge in [0.25, 0.3) is 0 Å². The van der Waals surface area contributed by atoms with Gasteiger partial charge >= 0.3 is 11.8 Å². The molecular formula is C16H20N6O3. The van der Waals surface area contributed by atoms with Gasteiger partial charge in [0.05, 0.1) is 18.7 Å². The lowest BCUT2D eigenvalue weighted by Gasteiger charge is -2.13. The van der Waals surface area contributed by atoms with Gasteiger partial charge in [0, 0.05) is 11.3 Å². The van der Waals surface area contributed by atoms with E-state index >= 15 is 0 Å². The highest BCUT2D eigenvalue weighted by Crippen LogP contribution is 2.36. The van der Waals surface area contributed by atoms with Crippen LogP contribution in [0.15, 0.2) is 24.3 Å². The predicted molar refractivity (Wildman–Crippen MR) is 89.5 cm³/mol. The van der Waals surface area contributed by atoms with Gasteiger partial charge < -0.3 is 15.7 Å². The van der Waals surface area contributed by atoms with E-state index in [0.29, 0.717) is 24.0 Å². The molecule has 132 valence electrons. The number of nitrogens with one attached hydrogen (secondary N) is 2. The molecule has 0 bridgehead atoms. The zero-order valence-electron chi connectivity index (χ0n) is 13.8. The molecule has 1 aromatic carbocycles. The minimum Gasteiger partial charge on any atom is -0.394 e. The fourth-order valence-corrected chi connectivity index (χ4v) is 2.40. The summed E-state index contributed by atoms with van der Waals surface area (Å²) in [6, 6.07) is 6.91. The van der Waals surface area contributed by atoms with Crippen molar-refractivity contribution in [3.8, 4) is 11.4 Å².